The smallest absolute Gasteiger partial charge is 0.334 e. The van der Waals surface area contributed by atoms with E-state index in [1.807, 2.05) is 0 Å². The zero-order valence-corrected chi connectivity index (χ0v) is 12.1. The Balaban J connectivity index is 2.00. The summed E-state index contributed by atoms with van der Waals surface area (Å²) < 4.78 is 5.20. The molecule has 0 aromatic carbocycles. The summed E-state index contributed by atoms with van der Waals surface area (Å²) in [5, 5.41) is 9.46. The van der Waals surface area contributed by atoms with Crippen LogP contribution in [0.4, 0.5) is 0 Å². The third-order valence-corrected chi connectivity index (χ3v) is 3.47. The van der Waals surface area contributed by atoms with Crippen molar-refractivity contribution in [2.24, 2.45) is 0 Å². The van der Waals surface area contributed by atoms with Gasteiger partial charge in [0.1, 0.15) is 11.9 Å². The molecule has 0 amide bonds. The fourth-order valence-electron chi connectivity index (χ4n) is 2.38. The number of hydrogen-bond acceptors (Lipinski definition) is 4. The van der Waals surface area contributed by atoms with Gasteiger partial charge >= 0.3 is 5.97 Å². The lowest BCUT2D eigenvalue weighted by atomic mass is 10.0. The van der Waals surface area contributed by atoms with Gasteiger partial charge < -0.3 is 9.84 Å². The van der Waals surface area contributed by atoms with Crippen molar-refractivity contribution >= 4 is 5.97 Å². The summed E-state index contributed by atoms with van der Waals surface area (Å²) in [6.45, 7) is 4.19. The van der Waals surface area contributed by atoms with E-state index in [0.717, 1.165) is 43.1 Å². The Morgan fingerprint density at radius 3 is 2.50 bits per heavy atom. The van der Waals surface area contributed by atoms with Crippen molar-refractivity contribution in [1.29, 1.82) is 0 Å². The van der Waals surface area contributed by atoms with Crippen molar-refractivity contribution < 1.29 is 14.6 Å². The number of ether oxygens (including phenoxy) is 1. The first-order valence-electron chi connectivity index (χ1n) is 7.19. The van der Waals surface area contributed by atoms with Gasteiger partial charge in [-0.2, -0.15) is 0 Å². The van der Waals surface area contributed by atoms with E-state index in [0.29, 0.717) is 6.42 Å². The number of hydrogen-bond donors (Lipinski definition) is 1. The highest BCUT2D eigenvalue weighted by atomic mass is 16.5. The van der Waals surface area contributed by atoms with E-state index < -0.39 is 5.97 Å². The number of cyclic esters (lactones) is 1. The Hall–Kier alpha value is -1.84. The number of carbonyl (C=O) groups is 1. The van der Waals surface area contributed by atoms with Gasteiger partial charge in [0, 0.05) is 17.8 Å². The van der Waals surface area contributed by atoms with Crippen LogP contribution in [-0.4, -0.2) is 22.2 Å². The first kappa shape index (κ1) is 14.6. The second-order valence-corrected chi connectivity index (χ2v) is 5.10. The lowest BCUT2D eigenvalue weighted by molar-refractivity contribution is -0.145. The predicted molar refractivity (Wildman–Crippen MR) is 76.5 cm³/mol. The largest absolute Gasteiger partial charge is 0.512 e. The summed E-state index contributed by atoms with van der Waals surface area (Å²) in [6.07, 6.45) is 4.72. The molecule has 0 bridgehead atoms. The second kappa shape index (κ2) is 6.55. The molecule has 4 nitrogen and oxygen atoms in total. The number of aliphatic hydroxyl groups excluding tert-OH is 1. The van der Waals surface area contributed by atoms with Gasteiger partial charge in [0.2, 0.25) is 0 Å². The number of nitrogens with zero attached hydrogens (tertiary/aromatic N) is 1. The highest BCUT2D eigenvalue weighted by Gasteiger charge is 2.21. The molecule has 1 aromatic heterocycles. The van der Waals surface area contributed by atoms with Gasteiger partial charge in [-0.25, -0.2) is 4.79 Å². The number of rotatable bonds is 5. The van der Waals surface area contributed by atoms with Crippen LogP contribution in [0.25, 0.3) is 0 Å². The van der Waals surface area contributed by atoms with E-state index in [-0.39, 0.29) is 11.9 Å². The number of aliphatic hydroxyl groups is 1. The maximum atomic E-state index is 11.2. The molecule has 1 unspecified atom stereocenters. The van der Waals surface area contributed by atoms with Crippen LogP contribution in [0.2, 0.25) is 0 Å². The second-order valence-electron chi connectivity index (χ2n) is 5.10. The van der Waals surface area contributed by atoms with Crippen LogP contribution in [0.1, 0.15) is 43.6 Å². The summed E-state index contributed by atoms with van der Waals surface area (Å²) in [4.78, 5) is 15.8. The molecule has 1 atom stereocenters. The molecule has 0 fully saturated rings. The van der Waals surface area contributed by atoms with Gasteiger partial charge in [-0.15, -0.1) is 0 Å². The Morgan fingerprint density at radius 1 is 1.30 bits per heavy atom. The molecule has 1 aliphatic heterocycles. The number of pyridine rings is 1. The number of esters is 1. The highest BCUT2D eigenvalue weighted by Crippen LogP contribution is 2.19. The highest BCUT2D eigenvalue weighted by molar-refractivity contribution is 5.83. The predicted octanol–water partition coefficient (Wildman–Crippen LogP) is 2.90. The monoisotopic (exact) mass is 275 g/mol. The molecule has 2 heterocycles. The van der Waals surface area contributed by atoms with Gasteiger partial charge in [-0.3, -0.25) is 4.98 Å². The van der Waals surface area contributed by atoms with E-state index in [4.69, 9.17) is 4.74 Å². The van der Waals surface area contributed by atoms with E-state index in [2.05, 4.69) is 31.0 Å². The Kier molecular flexibility index (Phi) is 4.77. The molecule has 20 heavy (non-hydrogen) atoms. The van der Waals surface area contributed by atoms with Gasteiger partial charge in [-0.05, 0) is 43.4 Å². The molecular formula is C16H21NO3. The minimum atomic E-state index is -0.447. The van der Waals surface area contributed by atoms with E-state index in [9.17, 15) is 9.90 Å². The molecule has 0 spiro atoms. The maximum absolute atomic E-state index is 11.2. The number of aryl methyl sites for hydroxylation is 3. The molecule has 4 heteroatoms. The fraction of sp³-hybridized carbons (Fsp3) is 0.500. The van der Waals surface area contributed by atoms with Crippen molar-refractivity contribution in [2.45, 2.75) is 52.1 Å². The minimum Gasteiger partial charge on any atom is -0.512 e. The molecule has 0 aliphatic carbocycles. The van der Waals surface area contributed by atoms with Crippen molar-refractivity contribution in [3.05, 3.63) is 40.9 Å². The van der Waals surface area contributed by atoms with Crippen LogP contribution >= 0.6 is 0 Å². The van der Waals surface area contributed by atoms with Crippen molar-refractivity contribution in [1.82, 2.24) is 4.98 Å². The summed E-state index contributed by atoms with van der Waals surface area (Å²) in [5.74, 6) is -0.332. The number of aromatic nitrogens is 1. The maximum Gasteiger partial charge on any atom is 0.334 e. The quantitative estimate of drug-likeness (QED) is 0.839. The molecule has 2 rings (SSSR count). The summed E-state index contributed by atoms with van der Waals surface area (Å²) >= 11 is 0. The van der Waals surface area contributed by atoms with Crippen LogP contribution < -0.4 is 0 Å². The van der Waals surface area contributed by atoms with Crippen LogP contribution in [0, 0.1) is 0 Å². The Morgan fingerprint density at radius 2 is 1.95 bits per heavy atom. The first-order chi connectivity index (χ1) is 9.60. The Labute approximate surface area is 119 Å². The van der Waals surface area contributed by atoms with Crippen molar-refractivity contribution in [2.75, 3.05) is 0 Å². The third kappa shape index (κ3) is 3.83. The molecule has 0 saturated carbocycles. The molecule has 1 aliphatic rings. The van der Waals surface area contributed by atoms with Gasteiger partial charge in [0.25, 0.3) is 0 Å². The molecule has 1 N–H and O–H groups in total. The van der Waals surface area contributed by atoms with E-state index in [1.165, 1.54) is 5.56 Å². The lowest BCUT2D eigenvalue weighted by Crippen LogP contribution is -2.23. The average molecular weight is 275 g/mol. The van der Waals surface area contributed by atoms with E-state index in [1.54, 1.807) is 0 Å². The van der Waals surface area contributed by atoms with Crippen LogP contribution in [0.3, 0.4) is 0 Å². The zero-order chi connectivity index (χ0) is 14.5. The summed E-state index contributed by atoms with van der Waals surface area (Å²) in [7, 11) is 0. The summed E-state index contributed by atoms with van der Waals surface area (Å²) in [6, 6.07) is 4.22. The van der Waals surface area contributed by atoms with Crippen LogP contribution in [-0.2, 0) is 28.8 Å². The standard InChI is InChI=1S/C16H21NO3/c1-3-12-7-11(8-13(4-2)17-12)5-6-15-9-14(18)10-16(19)20-15/h7-8,10,15,18H,3-6,9H2,1-2H3. The topological polar surface area (TPSA) is 59.4 Å². The van der Waals surface area contributed by atoms with Crippen molar-refractivity contribution in [3.63, 3.8) is 0 Å². The first-order valence-corrected chi connectivity index (χ1v) is 7.19. The minimum absolute atomic E-state index is 0.115. The van der Waals surface area contributed by atoms with E-state index >= 15 is 0 Å². The molecule has 0 radical (unpaired) electrons. The summed E-state index contributed by atoms with van der Waals surface area (Å²) in [5.41, 5.74) is 3.42. The molecule has 0 saturated heterocycles. The van der Waals surface area contributed by atoms with Crippen LogP contribution in [0.15, 0.2) is 24.0 Å². The van der Waals surface area contributed by atoms with Gasteiger partial charge in [0.15, 0.2) is 0 Å². The SMILES string of the molecule is CCc1cc(CCC2CC(O)=CC(=O)O2)cc(CC)n1. The average Bonchev–Trinajstić information content (AvgIpc) is 2.43. The molecular weight excluding hydrogens is 254 g/mol. The molecule has 1 aromatic rings. The normalized spacial score (nSPS) is 18.6. The zero-order valence-electron chi connectivity index (χ0n) is 12.1. The molecule has 108 valence electrons. The lowest BCUT2D eigenvalue weighted by Gasteiger charge is -2.20. The van der Waals surface area contributed by atoms with Crippen LogP contribution in [0.5, 0.6) is 0 Å². The number of carbonyl (C=O) groups excluding carboxylic acids is 1. The Bertz CT molecular complexity index is 500. The fourth-order valence-corrected chi connectivity index (χ4v) is 2.38. The van der Waals surface area contributed by atoms with Crippen molar-refractivity contribution in [3.8, 4) is 0 Å². The van der Waals surface area contributed by atoms with Gasteiger partial charge in [-0.1, -0.05) is 13.8 Å². The third-order valence-electron chi connectivity index (χ3n) is 3.47. The van der Waals surface area contributed by atoms with Gasteiger partial charge in [0.05, 0.1) is 6.08 Å².